The molecule has 0 aliphatic heterocycles. The summed E-state index contributed by atoms with van der Waals surface area (Å²) in [5, 5.41) is 10.3. The molecular weight excluding hydrogens is 313 g/mol. The summed E-state index contributed by atoms with van der Waals surface area (Å²) in [4.78, 5) is 0. The van der Waals surface area contributed by atoms with Crippen LogP contribution in [-0.4, -0.2) is 11.2 Å². The minimum Gasteiger partial charge on any atom is -0.391 e. The van der Waals surface area contributed by atoms with Gasteiger partial charge in [0.05, 0.1) is 12.1 Å². The number of hydrogen-bond acceptors (Lipinski definition) is 2. The summed E-state index contributed by atoms with van der Waals surface area (Å²) < 4.78 is 1.14. The molecule has 0 radical (unpaired) electrons. The van der Waals surface area contributed by atoms with Gasteiger partial charge in [-0.2, -0.15) is 0 Å². The SMILES string of the molecule is N[C@H](c1ccccc1I)[C@@H](O)C1CCCC1. The van der Waals surface area contributed by atoms with E-state index >= 15 is 0 Å². The number of aliphatic hydroxyl groups is 1. The Hall–Kier alpha value is -0.130. The number of hydrogen-bond donors (Lipinski definition) is 2. The van der Waals surface area contributed by atoms with E-state index in [0.29, 0.717) is 5.92 Å². The molecule has 0 unspecified atom stereocenters. The van der Waals surface area contributed by atoms with Gasteiger partial charge in [0, 0.05) is 3.57 Å². The molecule has 2 atom stereocenters. The zero-order chi connectivity index (χ0) is 11.5. The lowest BCUT2D eigenvalue weighted by Crippen LogP contribution is -2.32. The predicted molar refractivity (Wildman–Crippen MR) is 74.1 cm³/mol. The summed E-state index contributed by atoms with van der Waals surface area (Å²) in [6, 6.07) is 7.80. The Morgan fingerprint density at radius 3 is 2.50 bits per heavy atom. The molecule has 0 spiro atoms. The molecule has 2 nitrogen and oxygen atoms in total. The molecule has 3 heteroatoms. The van der Waals surface area contributed by atoms with Crippen molar-refractivity contribution in [2.45, 2.75) is 37.8 Å². The minimum absolute atomic E-state index is 0.240. The van der Waals surface area contributed by atoms with Gasteiger partial charge in [-0.25, -0.2) is 0 Å². The molecule has 2 rings (SSSR count). The van der Waals surface area contributed by atoms with Crippen LogP contribution in [-0.2, 0) is 0 Å². The Balaban J connectivity index is 2.11. The highest BCUT2D eigenvalue weighted by Gasteiger charge is 2.29. The van der Waals surface area contributed by atoms with Crippen LogP contribution in [0.3, 0.4) is 0 Å². The van der Waals surface area contributed by atoms with Crippen molar-refractivity contribution in [2.75, 3.05) is 0 Å². The Kier molecular flexibility index (Phi) is 4.21. The fourth-order valence-corrected chi connectivity index (χ4v) is 3.27. The van der Waals surface area contributed by atoms with Crippen LogP contribution in [0.2, 0.25) is 0 Å². The van der Waals surface area contributed by atoms with Crippen LogP contribution in [0.4, 0.5) is 0 Å². The Morgan fingerprint density at radius 1 is 1.25 bits per heavy atom. The van der Waals surface area contributed by atoms with Crippen molar-refractivity contribution >= 4 is 22.6 Å². The highest BCUT2D eigenvalue weighted by molar-refractivity contribution is 14.1. The minimum atomic E-state index is -0.390. The van der Waals surface area contributed by atoms with Crippen molar-refractivity contribution in [2.24, 2.45) is 11.7 Å². The number of benzene rings is 1. The lowest BCUT2D eigenvalue weighted by atomic mass is 9.91. The summed E-state index contributed by atoms with van der Waals surface area (Å²) in [7, 11) is 0. The Labute approximate surface area is 110 Å². The van der Waals surface area contributed by atoms with Crippen LogP contribution in [0.1, 0.15) is 37.3 Å². The molecule has 0 amide bonds. The van der Waals surface area contributed by atoms with Gasteiger partial charge >= 0.3 is 0 Å². The van der Waals surface area contributed by atoms with E-state index in [1.165, 1.54) is 12.8 Å². The molecule has 0 saturated heterocycles. The molecule has 1 aliphatic carbocycles. The van der Waals surface area contributed by atoms with Gasteiger partial charge in [0.15, 0.2) is 0 Å². The van der Waals surface area contributed by atoms with Gasteiger partial charge < -0.3 is 10.8 Å². The van der Waals surface area contributed by atoms with E-state index in [9.17, 15) is 5.11 Å². The van der Waals surface area contributed by atoms with Crippen LogP contribution in [0.15, 0.2) is 24.3 Å². The van der Waals surface area contributed by atoms with E-state index in [2.05, 4.69) is 22.6 Å². The Morgan fingerprint density at radius 2 is 1.88 bits per heavy atom. The van der Waals surface area contributed by atoms with E-state index < -0.39 is 6.10 Å². The second kappa shape index (κ2) is 5.47. The maximum absolute atomic E-state index is 10.3. The van der Waals surface area contributed by atoms with Crippen LogP contribution >= 0.6 is 22.6 Å². The smallest absolute Gasteiger partial charge is 0.0761 e. The van der Waals surface area contributed by atoms with Crippen LogP contribution < -0.4 is 5.73 Å². The third kappa shape index (κ3) is 2.57. The molecule has 1 fully saturated rings. The fraction of sp³-hybridized carbons (Fsp3) is 0.538. The second-order valence-corrected chi connectivity index (χ2v) is 5.74. The first kappa shape index (κ1) is 12.3. The standard InChI is InChI=1S/C13H18INO/c14-11-8-4-3-7-10(11)12(15)13(16)9-5-1-2-6-9/h3-4,7-9,12-13,16H,1-2,5-6,15H2/t12-,13+/m1/s1. The molecule has 1 aromatic rings. The predicted octanol–water partition coefficient (Wildman–Crippen LogP) is 2.84. The summed E-state index contributed by atoms with van der Waals surface area (Å²) >= 11 is 2.28. The van der Waals surface area contributed by atoms with Gasteiger partial charge in [-0.1, -0.05) is 31.0 Å². The zero-order valence-electron chi connectivity index (χ0n) is 9.27. The molecule has 0 aromatic heterocycles. The van der Waals surface area contributed by atoms with Gasteiger partial charge in [-0.3, -0.25) is 0 Å². The third-order valence-corrected chi connectivity index (χ3v) is 4.50. The first-order chi connectivity index (χ1) is 7.70. The summed E-state index contributed by atoms with van der Waals surface area (Å²) in [6.45, 7) is 0. The van der Waals surface area contributed by atoms with Gasteiger partial charge in [0.1, 0.15) is 0 Å². The lowest BCUT2D eigenvalue weighted by Gasteiger charge is -2.25. The summed E-state index contributed by atoms with van der Waals surface area (Å²) in [5.74, 6) is 0.394. The largest absolute Gasteiger partial charge is 0.391 e. The first-order valence-electron chi connectivity index (χ1n) is 5.88. The monoisotopic (exact) mass is 331 g/mol. The van der Waals surface area contributed by atoms with Crippen molar-refractivity contribution in [1.29, 1.82) is 0 Å². The molecule has 88 valence electrons. The second-order valence-electron chi connectivity index (χ2n) is 4.58. The van der Waals surface area contributed by atoms with Crippen LogP contribution in [0.25, 0.3) is 0 Å². The summed E-state index contributed by atoms with van der Waals surface area (Å²) in [6.07, 6.45) is 4.33. The quantitative estimate of drug-likeness (QED) is 0.837. The number of halogens is 1. The maximum Gasteiger partial charge on any atom is 0.0761 e. The van der Waals surface area contributed by atoms with Gasteiger partial charge in [0.2, 0.25) is 0 Å². The van der Waals surface area contributed by atoms with Crippen molar-refractivity contribution in [3.8, 4) is 0 Å². The van der Waals surface area contributed by atoms with Gasteiger partial charge in [-0.05, 0) is 53.0 Å². The molecular formula is C13H18INO. The van der Waals surface area contributed by atoms with Crippen LogP contribution in [0.5, 0.6) is 0 Å². The van der Waals surface area contributed by atoms with Gasteiger partial charge in [-0.15, -0.1) is 0 Å². The van der Waals surface area contributed by atoms with E-state index in [-0.39, 0.29) is 6.04 Å². The van der Waals surface area contributed by atoms with Crippen molar-refractivity contribution < 1.29 is 5.11 Å². The maximum atomic E-state index is 10.3. The average Bonchev–Trinajstić information content (AvgIpc) is 2.81. The lowest BCUT2D eigenvalue weighted by molar-refractivity contribution is 0.0842. The van der Waals surface area contributed by atoms with E-state index in [1.807, 2.05) is 24.3 Å². The molecule has 1 saturated carbocycles. The molecule has 0 heterocycles. The Bertz CT molecular complexity index is 350. The van der Waals surface area contributed by atoms with Crippen LogP contribution in [0, 0.1) is 9.49 Å². The van der Waals surface area contributed by atoms with Crippen molar-refractivity contribution in [3.05, 3.63) is 33.4 Å². The average molecular weight is 331 g/mol. The number of rotatable bonds is 3. The van der Waals surface area contributed by atoms with Crippen molar-refractivity contribution in [3.63, 3.8) is 0 Å². The normalized spacial score (nSPS) is 20.9. The number of nitrogens with two attached hydrogens (primary N) is 1. The van der Waals surface area contributed by atoms with E-state index in [4.69, 9.17) is 5.73 Å². The number of aliphatic hydroxyl groups excluding tert-OH is 1. The molecule has 16 heavy (non-hydrogen) atoms. The summed E-state index contributed by atoms with van der Waals surface area (Å²) in [5.41, 5.74) is 7.24. The molecule has 0 bridgehead atoms. The van der Waals surface area contributed by atoms with E-state index in [0.717, 1.165) is 22.0 Å². The molecule has 1 aliphatic rings. The molecule has 1 aromatic carbocycles. The highest BCUT2D eigenvalue weighted by Crippen LogP contribution is 2.33. The fourth-order valence-electron chi connectivity index (χ4n) is 2.52. The topological polar surface area (TPSA) is 46.2 Å². The van der Waals surface area contributed by atoms with Crippen molar-refractivity contribution in [1.82, 2.24) is 0 Å². The molecule has 3 N–H and O–H groups in total. The first-order valence-corrected chi connectivity index (χ1v) is 6.96. The third-order valence-electron chi connectivity index (χ3n) is 3.52. The highest BCUT2D eigenvalue weighted by atomic mass is 127. The van der Waals surface area contributed by atoms with E-state index in [1.54, 1.807) is 0 Å². The zero-order valence-corrected chi connectivity index (χ0v) is 11.4. The van der Waals surface area contributed by atoms with Gasteiger partial charge in [0.25, 0.3) is 0 Å².